The molecule has 0 aliphatic heterocycles. The second-order valence-corrected chi connectivity index (χ2v) is 8.45. The molecular weight excluding hydrogens is 380 g/mol. The third kappa shape index (κ3) is 4.89. The zero-order valence-electron chi connectivity index (χ0n) is 16.5. The Balaban J connectivity index is 2.35. The highest BCUT2D eigenvalue weighted by molar-refractivity contribution is 7.92. The molecule has 1 amide bonds. The van der Waals surface area contributed by atoms with Crippen molar-refractivity contribution in [1.82, 2.24) is 0 Å². The van der Waals surface area contributed by atoms with Gasteiger partial charge in [-0.15, -0.1) is 0 Å². The number of anilines is 2. The molecule has 0 aromatic heterocycles. The first-order chi connectivity index (χ1) is 13.0. The Morgan fingerprint density at radius 3 is 2.39 bits per heavy atom. The SMILES string of the molecule is COC(=O)c1cccc(NC(=O)[C@@H](C)N(c2cc(C)ccc2C)S(C)(=O)=O)c1. The maximum absolute atomic E-state index is 12.8. The zero-order chi connectivity index (χ0) is 21.1. The van der Waals surface area contributed by atoms with Crippen molar-refractivity contribution in [2.75, 3.05) is 23.0 Å². The molecule has 0 heterocycles. The molecule has 0 saturated heterocycles. The molecule has 2 rings (SSSR count). The topological polar surface area (TPSA) is 92.8 Å². The van der Waals surface area contributed by atoms with Crippen LogP contribution in [0.1, 0.15) is 28.4 Å². The van der Waals surface area contributed by atoms with Crippen molar-refractivity contribution in [3.63, 3.8) is 0 Å². The van der Waals surface area contributed by atoms with E-state index < -0.39 is 27.9 Å². The van der Waals surface area contributed by atoms with Gasteiger partial charge in [-0.3, -0.25) is 9.10 Å². The Bertz CT molecular complexity index is 1000. The lowest BCUT2D eigenvalue weighted by Crippen LogP contribution is -2.45. The molecule has 28 heavy (non-hydrogen) atoms. The summed E-state index contributed by atoms with van der Waals surface area (Å²) in [5.41, 5.74) is 2.72. The minimum atomic E-state index is -3.72. The van der Waals surface area contributed by atoms with Gasteiger partial charge >= 0.3 is 5.97 Å². The second-order valence-electron chi connectivity index (χ2n) is 6.59. The number of sulfonamides is 1. The van der Waals surface area contributed by atoms with Crippen molar-refractivity contribution in [1.29, 1.82) is 0 Å². The smallest absolute Gasteiger partial charge is 0.337 e. The van der Waals surface area contributed by atoms with Crippen LogP contribution in [0.25, 0.3) is 0 Å². The van der Waals surface area contributed by atoms with Crippen molar-refractivity contribution >= 4 is 33.3 Å². The predicted octanol–water partition coefficient (Wildman–Crippen LogP) is 2.88. The van der Waals surface area contributed by atoms with Gasteiger partial charge in [0.05, 0.1) is 24.6 Å². The highest BCUT2D eigenvalue weighted by Gasteiger charge is 2.30. The fourth-order valence-corrected chi connectivity index (χ4v) is 4.05. The number of esters is 1. The molecule has 150 valence electrons. The summed E-state index contributed by atoms with van der Waals surface area (Å²) in [6, 6.07) is 10.7. The van der Waals surface area contributed by atoms with Gasteiger partial charge in [0.25, 0.3) is 0 Å². The highest BCUT2D eigenvalue weighted by atomic mass is 32.2. The van der Waals surface area contributed by atoms with Crippen molar-refractivity contribution in [2.45, 2.75) is 26.8 Å². The van der Waals surface area contributed by atoms with Crippen LogP contribution in [-0.4, -0.2) is 39.7 Å². The van der Waals surface area contributed by atoms with E-state index in [0.717, 1.165) is 21.7 Å². The monoisotopic (exact) mass is 404 g/mol. The maximum atomic E-state index is 12.8. The molecule has 0 fully saturated rings. The van der Waals surface area contributed by atoms with Crippen LogP contribution in [0.2, 0.25) is 0 Å². The summed E-state index contributed by atoms with van der Waals surface area (Å²) >= 11 is 0. The standard InChI is InChI=1S/C20H24N2O5S/c1-13-9-10-14(2)18(11-13)22(28(5,25)26)15(3)19(23)21-17-8-6-7-16(12-17)20(24)27-4/h6-12,15H,1-5H3,(H,21,23)/t15-/m1/s1. The number of aryl methyl sites for hydroxylation is 2. The van der Waals surface area contributed by atoms with E-state index >= 15 is 0 Å². The van der Waals surface area contributed by atoms with Crippen LogP contribution in [0.4, 0.5) is 11.4 Å². The second kappa shape index (κ2) is 8.43. The molecule has 1 N–H and O–H groups in total. The van der Waals surface area contributed by atoms with Crippen LogP contribution in [0.3, 0.4) is 0 Å². The Morgan fingerprint density at radius 2 is 1.79 bits per heavy atom. The van der Waals surface area contributed by atoms with Gasteiger partial charge in [0.2, 0.25) is 15.9 Å². The van der Waals surface area contributed by atoms with Crippen molar-refractivity contribution in [3.8, 4) is 0 Å². The Labute approximate surface area is 165 Å². The van der Waals surface area contributed by atoms with Crippen LogP contribution in [0, 0.1) is 13.8 Å². The van der Waals surface area contributed by atoms with Crippen LogP contribution >= 0.6 is 0 Å². The van der Waals surface area contributed by atoms with Gasteiger partial charge in [0, 0.05) is 5.69 Å². The van der Waals surface area contributed by atoms with Crippen LogP contribution in [0.5, 0.6) is 0 Å². The molecule has 1 atom stereocenters. The molecule has 0 aliphatic carbocycles. The van der Waals surface area contributed by atoms with Crippen LogP contribution in [-0.2, 0) is 19.6 Å². The number of ether oxygens (including phenoxy) is 1. The summed E-state index contributed by atoms with van der Waals surface area (Å²) in [6.45, 7) is 5.16. The molecule has 0 bridgehead atoms. The molecule has 0 radical (unpaired) electrons. The number of amides is 1. The van der Waals surface area contributed by atoms with Gasteiger partial charge in [-0.25, -0.2) is 13.2 Å². The van der Waals surface area contributed by atoms with Crippen LogP contribution in [0.15, 0.2) is 42.5 Å². The number of methoxy groups -OCH3 is 1. The van der Waals surface area contributed by atoms with E-state index in [4.69, 9.17) is 0 Å². The average molecular weight is 404 g/mol. The normalized spacial score (nSPS) is 12.2. The van der Waals surface area contributed by atoms with Gasteiger partial charge in [0.1, 0.15) is 6.04 Å². The zero-order valence-corrected chi connectivity index (χ0v) is 17.3. The van der Waals surface area contributed by atoms with Gasteiger partial charge in [-0.05, 0) is 56.2 Å². The summed E-state index contributed by atoms with van der Waals surface area (Å²) in [7, 11) is -2.45. The lowest BCUT2D eigenvalue weighted by molar-refractivity contribution is -0.116. The third-order valence-electron chi connectivity index (χ3n) is 4.24. The first kappa shape index (κ1) is 21.4. The van der Waals surface area contributed by atoms with Gasteiger partial charge in [-0.1, -0.05) is 18.2 Å². The van der Waals surface area contributed by atoms with Crippen molar-refractivity contribution in [2.24, 2.45) is 0 Å². The van der Waals surface area contributed by atoms with E-state index in [9.17, 15) is 18.0 Å². The minimum absolute atomic E-state index is 0.280. The van der Waals surface area contributed by atoms with Gasteiger partial charge < -0.3 is 10.1 Å². The number of carbonyl (C=O) groups is 2. The molecule has 0 saturated carbocycles. The molecule has 0 unspecified atom stereocenters. The van der Waals surface area contributed by atoms with Gasteiger partial charge in [0.15, 0.2) is 0 Å². The molecule has 2 aromatic carbocycles. The number of benzene rings is 2. The van der Waals surface area contributed by atoms with Crippen molar-refractivity contribution < 1.29 is 22.7 Å². The quantitative estimate of drug-likeness (QED) is 0.748. The van der Waals surface area contributed by atoms with Crippen molar-refractivity contribution in [3.05, 3.63) is 59.2 Å². The van der Waals surface area contributed by atoms with E-state index in [0.29, 0.717) is 11.4 Å². The summed E-state index contributed by atoms with van der Waals surface area (Å²) in [4.78, 5) is 24.4. The molecular formula is C20H24N2O5S. The number of hydrogen-bond donors (Lipinski definition) is 1. The Morgan fingerprint density at radius 1 is 1.11 bits per heavy atom. The van der Waals surface area contributed by atoms with E-state index in [-0.39, 0.29) is 5.56 Å². The number of nitrogens with one attached hydrogen (secondary N) is 1. The van der Waals surface area contributed by atoms with E-state index in [1.54, 1.807) is 31.2 Å². The first-order valence-corrected chi connectivity index (χ1v) is 10.5. The average Bonchev–Trinajstić information content (AvgIpc) is 2.63. The van der Waals surface area contributed by atoms with E-state index in [1.165, 1.54) is 20.1 Å². The molecule has 8 heteroatoms. The summed E-state index contributed by atoms with van der Waals surface area (Å²) < 4.78 is 30.7. The lowest BCUT2D eigenvalue weighted by atomic mass is 10.1. The fourth-order valence-electron chi connectivity index (χ4n) is 2.83. The number of rotatable bonds is 6. The third-order valence-corrected chi connectivity index (χ3v) is 5.47. The number of carbonyl (C=O) groups excluding carboxylic acids is 2. The van der Waals surface area contributed by atoms with E-state index in [1.807, 2.05) is 19.1 Å². The maximum Gasteiger partial charge on any atom is 0.337 e. The minimum Gasteiger partial charge on any atom is -0.465 e. The van der Waals surface area contributed by atoms with E-state index in [2.05, 4.69) is 10.1 Å². The molecule has 7 nitrogen and oxygen atoms in total. The van der Waals surface area contributed by atoms with Crippen LogP contribution < -0.4 is 9.62 Å². The predicted molar refractivity (Wildman–Crippen MR) is 109 cm³/mol. The summed E-state index contributed by atoms with van der Waals surface area (Å²) in [5, 5.41) is 2.66. The Kier molecular flexibility index (Phi) is 6.45. The molecule has 0 spiro atoms. The highest BCUT2D eigenvalue weighted by Crippen LogP contribution is 2.26. The largest absolute Gasteiger partial charge is 0.465 e. The Hall–Kier alpha value is -2.87. The molecule has 0 aliphatic rings. The fraction of sp³-hybridized carbons (Fsp3) is 0.300. The number of hydrogen-bond acceptors (Lipinski definition) is 5. The molecule has 2 aromatic rings. The lowest BCUT2D eigenvalue weighted by Gasteiger charge is -2.29. The van der Waals surface area contributed by atoms with Gasteiger partial charge in [-0.2, -0.15) is 0 Å². The summed E-state index contributed by atoms with van der Waals surface area (Å²) in [6.07, 6.45) is 1.07. The first-order valence-electron chi connectivity index (χ1n) is 8.60. The summed E-state index contributed by atoms with van der Waals surface area (Å²) in [5.74, 6) is -1.05. The number of nitrogens with zero attached hydrogens (tertiary/aromatic N) is 1.